The van der Waals surface area contributed by atoms with Crippen LogP contribution >= 0.6 is 0 Å². The molecule has 0 saturated heterocycles. The molecule has 6 heteroatoms. The third-order valence-electron chi connectivity index (χ3n) is 2.97. The van der Waals surface area contributed by atoms with Gasteiger partial charge in [-0.05, 0) is 13.3 Å². The van der Waals surface area contributed by atoms with Gasteiger partial charge < -0.3 is 9.73 Å². The smallest absolute Gasteiger partial charge is 0.244 e. The molecule has 0 aliphatic heterocycles. The molecule has 0 aliphatic rings. The minimum absolute atomic E-state index is 0.245. The first kappa shape index (κ1) is 17.2. The van der Waals surface area contributed by atoms with E-state index >= 15 is 0 Å². The maximum Gasteiger partial charge on any atom is 0.244 e. The zero-order chi connectivity index (χ0) is 15.2. The molecule has 2 N–H and O–H groups in total. The lowest BCUT2D eigenvalue weighted by atomic mass is 10.3. The van der Waals surface area contributed by atoms with Crippen molar-refractivity contribution in [3.8, 4) is 0 Å². The van der Waals surface area contributed by atoms with Crippen LogP contribution in [-0.2, 0) is 16.6 Å². The second-order valence-corrected chi connectivity index (χ2v) is 7.01. The maximum absolute atomic E-state index is 12.2. The summed E-state index contributed by atoms with van der Waals surface area (Å²) in [5.74, 6) is 1.08. The van der Waals surface area contributed by atoms with Gasteiger partial charge in [-0.15, -0.1) is 0 Å². The second kappa shape index (κ2) is 7.81. The topological polar surface area (TPSA) is 71.3 Å². The predicted octanol–water partition coefficient (Wildman–Crippen LogP) is 2.55. The fourth-order valence-corrected chi connectivity index (χ4v) is 3.12. The highest BCUT2D eigenvalue weighted by molar-refractivity contribution is 7.89. The summed E-state index contributed by atoms with van der Waals surface area (Å²) in [6.07, 6.45) is 2.95. The number of hydrogen-bond donors (Lipinski definition) is 2. The third kappa shape index (κ3) is 5.26. The lowest BCUT2D eigenvalue weighted by molar-refractivity contribution is 0.444. The van der Waals surface area contributed by atoms with Gasteiger partial charge in [-0.2, -0.15) is 0 Å². The molecule has 1 heterocycles. The molecule has 1 aromatic rings. The predicted molar refractivity (Wildman–Crippen MR) is 80.1 cm³/mol. The van der Waals surface area contributed by atoms with Crippen LogP contribution in [0.25, 0.3) is 0 Å². The van der Waals surface area contributed by atoms with E-state index in [9.17, 15) is 8.42 Å². The van der Waals surface area contributed by atoms with E-state index in [0.717, 1.165) is 19.3 Å². The first-order valence-corrected chi connectivity index (χ1v) is 8.67. The summed E-state index contributed by atoms with van der Waals surface area (Å²) in [6.45, 7) is 8.83. The Morgan fingerprint density at radius 3 is 2.60 bits per heavy atom. The van der Waals surface area contributed by atoms with Crippen LogP contribution in [0.1, 0.15) is 51.6 Å². The summed E-state index contributed by atoms with van der Waals surface area (Å²) in [5.41, 5.74) is 0. The van der Waals surface area contributed by atoms with Crippen molar-refractivity contribution in [3.63, 3.8) is 0 Å². The Hall–Kier alpha value is -0.850. The summed E-state index contributed by atoms with van der Waals surface area (Å²) in [6, 6.07) is 1.93. The van der Waals surface area contributed by atoms with Gasteiger partial charge in [0.15, 0.2) is 0 Å². The Balaban J connectivity index is 2.69. The monoisotopic (exact) mass is 302 g/mol. The average Bonchev–Trinajstić information content (AvgIpc) is 2.74. The molecule has 0 saturated carbocycles. The fraction of sp³-hybridized carbons (Fsp3) is 0.714. The standard InChI is InChI=1S/C14H26N2O3S/c1-5-6-7-8-16-20(17,18)14-9-13(19-12(14)4)10-15-11(2)3/h9,11,15-16H,5-8,10H2,1-4H3. The number of nitrogens with one attached hydrogen (secondary N) is 2. The largest absolute Gasteiger partial charge is 0.464 e. The SMILES string of the molecule is CCCCCNS(=O)(=O)c1cc(CNC(C)C)oc1C. The fourth-order valence-electron chi connectivity index (χ4n) is 1.84. The molecule has 0 spiro atoms. The van der Waals surface area contributed by atoms with E-state index in [4.69, 9.17) is 4.42 Å². The molecule has 0 aliphatic carbocycles. The highest BCUT2D eigenvalue weighted by Crippen LogP contribution is 2.20. The van der Waals surface area contributed by atoms with Gasteiger partial charge in [0.25, 0.3) is 0 Å². The minimum Gasteiger partial charge on any atom is -0.464 e. The molecule has 116 valence electrons. The van der Waals surface area contributed by atoms with Crippen LogP contribution in [0.5, 0.6) is 0 Å². The quantitative estimate of drug-likeness (QED) is 0.688. The average molecular weight is 302 g/mol. The lowest BCUT2D eigenvalue weighted by Crippen LogP contribution is -2.25. The zero-order valence-corrected chi connectivity index (χ0v) is 13.6. The molecule has 0 fully saturated rings. The third-order valence-corrected chi connectivity index (χ3v) is 4.54. The van der Waals surface area contributed by atoms with E-state index in [1.165, 1.54) is 0 Å². The minimum atomic E-state index is -3.46. The molecule has 1 rings (SSSR count). The Bertz CT molecular complexity index is 506. The Morgan fingerprint density at radius 1 is 1.30 bits per heavy atom. The van der Waals surface area contributed by atoms with Gasteiger partial charge in [0.05, 0.1) is 6.54 Å². The van der Waals surface area contributed by atoms with Gasteiger partial charge in [0.2, 0.25) is 10.0 Å². The molecule has 0 bridgehead atoms. The first-order valence-electron chi connectivity index (χ1n) is 7.19. The van der Waals surface area contributed by atoms with Crippen molar-refractivity contribution in [3.05, 3.63) is 17.6 Å². The van der Waals surface area contributed by atoms with E-state index in [2.05, 4.69) is 17.0 Å². The summed E-state index contributed by atoms with van der Waals surface area (Å²) in [4.78, 5) is 0.245. The molecule has 0 unspecified atom stereocenters. The molecular weight excluding hydrogens is 276 g/mol. The summed E-state index contributed by atoms with van der Waals surface area (Å²) >= 11 is 0. The van der Waals surface area contributed by atoms with Crippen molar-refractivity contribution >= 4 is 10.0 Å². The molecule has 20 heavy (non-hydrogen) atoms. The summed E-state index contributed by atoms with van der Waals surface area (Å²) < 4.78 is 32.5. The molecular formula is C14H26N2O3S. The number of unbranched alkanes of at least 4 members (excludes halogenated alkanes) is 2. The van der Waals surface area contributed by atoms with E-state index in [1.54, 1.807) is 13.0 Å². The van der Waals surface area contributed by atoms with Gasteiger partial charge in [-0.25, -0.2) is 13.1 Å². The maximum atomic E-state index is 12.2. The van der Waals surface area contributed by atoms with Crippen molar-refractivity contribution in [2.24, 2.45) is 0 Å². The van der Waals surface area contributed by atoms with Gasteiger partial charge in [-0.3, -0.25) is 0 Å². The zero-order valence-electron chi connectivity index (χ0n) is 12.8. The van der Waals surface area contributed by atoms with Crippen molar-refractivity contribution in [1.29, 1.82) is 0 Å². The molecule has 0 atom stereocenters. The van der Waals surface area contributed by atoms with Crippen LogP contribution in [-0.4, -0.2) is 21.0 Å². The van der Waals surface area contributed by atoms with Gasteiger partial charge in [0, 0.05) is 18.7 Å². The molecule has 1 aromatic heterocycles. The van der Waals surface area contributed by atoms with E-state index < -0.39 is 10.0 Å². The number of sulfonamides is 1. The first-order chi connectivity index (χ1) is 9.36. The van der Waals surface area contributed by atoms with Crippen molar-refractivity contribution in [2.75, 3.05) is 6.54 Å². The molecule has 0 aromatic carbocycles. The normalized spacial score (nSPS) is 12.2. The van der Waals surface area contributed by atoms with Gasteiger partial charge in [0.1, 0.15) is 16.4 Å². The summed E-state index contributed by atoms with van der Waals surface area (Å²) in [7, 11) is -3.46. The summed E-state index contributed by atoms with van der Waals surface area (Å²) in [5, 5.41) is 3.20. The van der Waals surface area contributed by atoms with Gasteiger partial charge in [-0.1, -0.05) is 33.6 Å². The van der Waals surface area contributed by atoms with Crippen molar-refractivity contribution in [1.82, 2.24) is 10.0 Å². The van der Waals surface area contributed by atoms with Crippen molar-refractivity contribution in [2.45, 2.75) is 64.4 Å². The Labute approximate surface area is 122 Å². The number of aryl methyl sites for hydroxylation is 1. The van der Waals surface area contributed by atoms with Crippen molar-refractivity contribution < 1.29 is 12.8 Å². The second-order valence-electron chi connectivity index (χ2n) is 5.27. The highest BCUT2D eigenvalue weighted by Gasteiger charge is 2.20. The van der Waals surface area contributed by atoms with Crippen LogP contribution in [0.15, 0.2) is 15.4 Å². The number of furan rings is 1. The Kier molecular flexibility index (Phi) is 6.71. The van der Waals surface area contributed by atoms with E-state index in [1.807, 2.05) is 13.8 Å². The lowest BCUT2D eigenvalue weighted by Gasteiger charge is -2.05. The van der Waals surface area contributed by atoms with Crippen LogP contribution in [0.3, 0.4) is 0 Å². The van der Waals surface area contributed by atoms with Crippen LogP contribution in [0.4, 0.5) is 0 Å². The molecule has 0 radical (unpaired) electrons. The van der Waals surface area contributed by atoms with E-state index in [0.29, 0.717) is 30.7 Å². The molecule has 5 nitrogen and oxygen atoms in total. The number of rotatable bonds is 9. The van der Waals surface area contributed by atoms with Crippen LogP contribution in [0, 0.1) is 6.92 Å². The van der Waals surface area contributed by atoms with Crippen LogP contribution < -0.4 is 10.0 Å². The van der Waals surface area contributed by atoms with Crippen LogP contribution in [0.2, 0.25) is 0 Å². The van der Waals surface area contributed by atoms with E-state index in [-0.39, 0.29) is 4.90 Å². The number of hydrogen-bond acceptors (Lipinski definition) is 4. The van der Waals surface area contributed by atoms with Gasteiger partial charge >= 0.3 is 0 Å². The highest BCUT2D eigenvalue weighted by atomic mass is 32.2. The molecule has 0 amide bonds. The Morgan fingerprint density at radius 2 is 2.00 bits per heavy atom.